The average molecular weight is 278 g/mol. The minimum Gasteiger partial charge on any atom is -0.492 e. The summed E-state index contributed by atoms with van der Waals surface area (Å²) in [7, 11) is 1.93. The lowest BCUT2D eigenvalue weighted by Gasteiger charge is -2.08. The van der Waals surface area contributed by atoms with Gasteiger partial charge in [0.2, 0.25) is 0 Å². The summed E-state index contributed by atoms with van der Waals surface area (Å²) in [5.41, 5.74) is 0.185. The van der Waals surface area contributed by atoms with E-state index in [1.54, 1.807) is 36.2 Å². The van der Waals surface area contributed by atoms with Crippen molar-refractivity contribution in [2.45, 2.75) is 5.16 Å². The van der Waals surface area contributed by atoms with Crippen molar-refractivity contribution in [3.8, 4) is 5.75 Å². The topological polar surface area (TPSA) is 64.4 Å². The molecule has 0 saturated heterocycles. The molecule has 2 rings (SSSR count). The number of hydrogen-bond donors (Lipinski definition) is 1. The average Bonchev–Trinajstić information content (AvgIpc) is 2.80. The minimum atomic E-state index is -0.979. The maximum absolute atomic E-state index is 11.0. The maximum atomic E-state index is 11.0. The van der Waals surface area contributed by atoms with Crippen LogP contribution in [0, 0.1) is 0 Å². The third-order valence-corrected chi connectivity index (χ3v) is 3.49. The van der Waals surface area contributed by atoms with E-state index in [-0.39, 0.29) is 5.56 Å². The van der Waals surface area contributed by atoms with Crippen molar-refractivity contribution in [2.24, 2.45) is 7.05 Å². The van der Waals surface area contributed by atoms with Gasteiger partial charge in [0.1, 0.15) is 11.3 Å². The Balaban J connectivity index is 1.86. The van der Waals surface area contributed by atoms with E-state index in [0.29, 0.717) is 18.1 Å². The van der Waals surface area contributed by atoms with Crippen LogP contribution in [0.25, 0.3) is 0 Å². The number of para-hydroxylation sites is 1. The van der Waals surface area contributed by atoms with Crippen molar-refractivity contribution in [3.05, 3.63) is 42.2 Å². The number of carbonyl (C=O) groups is 1. The van der Waals surface area contributed by atoms with E-state index in [1.165, 1.54) is 6.07 Å². The van der Waals surface area contributed by atoms with E-state index < -0.39 is 5.97 Å². The number of carboxylic acids is 1. The van der Waals surface area contributed by atoms with E-state index in [1.807, 2.05) is 17.8 Å². The SMILES string of the molecule is Cn1ccnc1SCCOc1ccccc1C(=O)O. The van der Waals surface area contributed by atoms with Crippen molar-refractivity contribution in [2.75, 3.05) is 12.4 Å². The lowest BCUT2D eigenvalue weighted by molar-refractivity contribution is 0.0692. The molecule has 0 radical (unpaired) electrons. The number of aryl methyl sites for hydroxylation is 1. The molecule has 0 bridgehead atoms. The monoisotopic (exact) mass is 278 g/mol. The molecular formula is C13H14N2O3S. The normalized spacial score (nSPS) is 10.4. The molecule has 1 aromatic carbocycles. The van der Waals surface area contributed by atoms with Crippen LogP contribution >= 0.6 is 11.8 Å². The molecule has 0 aliphatic carbocycles. The zero-order chi connectivity index (χ0) is 13.7. The highest BCUT2D eigenvalue weighted by molar-refractivity contribution is 7.99. The number of aromatic nitrogens is 2. The summed E-state index contributed by atoms with van der Waals surface area (Å²) >= 11 is 1.57. The fourth-order valence-electron chi connectivity index (χ4n) is 1.54. The molecule has 0 amide bonds. The number of ether oxygens (including phenoxy) is 1. The predicted molar refractivity (Wildman–Crippen MR) is 72.8 cm³/mol. The molecule has 0 fully saturated rings. The zero-order valence-electron chi connectivity index (χ0n) is 10.4. The molecule has 19 heavy (non-hydrogen) atoms. The van der Waals surface area contributed by atoms with Gasteiger partial charge in [0.15, 0.2) is 5.16 Å². The van der Waals surface area contributed by atoms with Crippen LogP contribution in [-0.2, 0) is 7.05 Å². The fourth-order valence-corrected chi connectivity index (χ4v) is 2.29. The number of carboxylic acid groups (broad SMARTS) is 1. The Hall–Kier alpha value is -1.95. The van der Waals surface area contributed by atoms with Gasteiger partial charge in [-0.05, 0) is 12.1 Å². The molecule has 0 atom stereocenters. The van der Waals surface area contributed by atoms with E-state index >= 15 is 0 Å². The number of imidazole rings is 1. The standard InChI is InChI=1S/C13H14N2O3S/c1-15-7-6-14-13(15)19-9-8-18-11-5-3-2-4-10(11)12(16)17/h2-7H,8-9H2,1H3,(H,16,17). The van der Waals surface area contributed by atoms with Crippen molar-refractivity contribution < 1.29 is 14.6 Å². The van der Waals surface area contributed by atoms with Crippen molar-refractivity contribution >= 4 is 17.7 Å². The molecule has 0 aliphatic heterocycles. The number of benzene rings is 1. The second-order valence-electron chi connectivity index (χ2n) is 3.82. The van der Waals surface area contributed by atoms with Gasteiger partial charge in [-0.25, -0.2) is 9.78 Å². The molecule has 0 spiro atoms. The Kier molecular flexibility index (Phi) is 4.46. The first kappa shape index (κ1) is 13.5. The number of nitrogens with zero attached hydrogens (tertiary/aromatic N) is 2. The van der Waals surface area contributed by atoms with Crippen LogP contribution in [0.2, 0.25) is 0 Å². The Labute approximate surface area is 115 Å². The van der Waals surface area contributed by atoms with Gasteiger partial charge in [0.25, 0.3) is 0 Å². The molecular weight excluding hydrogens is 264 g/mol. The Bertz CT molecular complexity index is 569. The molecule has 2 aromatic rings. The lowest BCUT2D eigenvalue weighted by atomic mass is 10.2. The molecule has 1 aromatic heterocycles. The molecule has 0 aliphatic rings. The first-order valence-corrected chi connectivity index (χ1v) is 6.72. The van der Waals surface area contributed by atoms with E-state index in [2.05, 4.69) is 4.98 Å². The second-order valence-corrected chi connectivity index (χ2v) is 4.88. The van der Waals surface area contributed by atoms with Gasteiger partial charge >= 0.3 is 5.97 Å². The van der Waals surface area contributed by atoms with Gasteiger partial charge < -0.3 is 14.4 Å². The van der Waals surface area contributed by atoms with Gasteiger partial charge in [-0.2, -0.15) is 0 Å². The van der Waals surface area contributed by atoms with Gasteiger partial charge in [0, 0.05) is 25.2 Å². The molecule has 5 nitrogen and oxygen atoms in total. The van der Waals surface area contributed by atoms with E-state index in [4.69, 9.17) is 9.84 Å². The predicted octanol–water partition coefficient (Wildman–Crippen LogP) is 2.29. The van der Waals surface area contributed by atoms with Gasteiger partial charge in [0.05, 0.1) is 6.61 Å². The fraction of sp³-hybridized carbons (Fsp3) is 0.231. The summed E-state index contributed by atoms with van der Waals surface area (Å²) in [6.07, 6.45) is 3.62. The third-order valence-electron chi connectivity index (χ3n) is 2.47. The van der Waals surface area contributed by atoms with Crippen LogP contribution in [0.1, 0.15) is 10.4 Å². The van der Waals surface area contributed by atoms with Crippen LogP contribution < -0.4 is 4.74 Å². The Morgan fingerprint density at radius 3 is 2.95 bits per heavy atom. The van der Waals surface area contributed by atoms with Gasteiger partial charge in [-0.15, -0.1) is 0 Å². The Morgan fingerprint density at radius 2 is 2.26 bits per heavy atom. The summed E-state index contributed by atoms with van der Waals surface area (Å²) in [6, 6.07) is 6.63. The van der Waals surface area contributed by atoms with Crippen molar-refractivity contribution in [1.29, 1.82) is 0 Å². The zero-order valence-corrected chi connectivity index (χ0v) is 11.3. The number of thioether (sulfide) groups is 1. The van der Waals surface area contributed by atoms with Crippen LogP contribution in [0.15, 0.2) is 41.8 Å². The lowest BCUT2D eigenvalue weighted by Crippen LogP contribution is -2.06. The Morgan fingerprint density at radius 1 is 1.47 bits per heavy atom. The summed E-state index contributed by atoms with van der Waals surface area (Å²) < 4.78 is 7.42. The molecule has 0 saturated carbocycles. The summed E-state index contributed by atoms with van der Waals surface area (Å²) in [5.74, 6) is 0.126. The smallest absolute Gasteiger partial charge is 0.339 e. The highest BCUT2D eigenvalue weighted by Crippen LogP contribution is 2.19. The van der Waals surface area contributed by atoms with Crippen LogP contribution in [0.3, 0.4) is 0 Å². The quantitative estimate of drug-likeness (QED) is 0.649. The molecule has 1 N–H and O–H groups in total. The first-order chi connectivity index (χ1) is 9.18. The van der Waals surface area contributed by atoms with Crippen LogP contribution in [-0.4, -0.2) is 33.0 Å². The second kappa shape index (κ2) is 6.29. The number of hydrogen-bond acceptors (Lipinski definition) is 4. The molecule has 100 valence electrons. The van der Waals surface area contributed by atoms with Gasteiger partial charge in [-0.3, -0.25) is 0 Å². The highest BCUT2D eigenvalue weighted by atomic mass is 32.2. The van der Waals surface area contributed by atoms with E-state index in [9.17, 15) is 4.79 Å². The van der Waals surface area contributed by atoms with Crippen LogP contribution in [0.4, 0.5) is 0 Å². The van der Waals surface area contributed by atoms with E-state index in [0.717, 1.165) is 5.16 Å². The minimum absolute atomic E-state index is 0.185. The molecule has 0 unspecified atom stereocenters. The highest BCUT2D eigenvalue weighted by Gasteiger charge is 2.09. The van der Waals surface area contributed by atoms with Crippen molar-refractivity contribution in [3.63, 3.8) is 0 Å². The number of rotatable bonds is 6. The van der Waals surface area contributed by atoms with Gasteiger partial charge in [-0.1, -0.05) is 23.9 Å². The third kappa shape index (κ3) is 3.51. The molecule has 1 heterocycles. The van der Waals surface area contributed by atoms with Crippen LogP contribution in [0.5, 0.6) is 5.75 Å². The largest absolute Gasteiger partial charge is 0.492 e. The summed E-state index contributed by atoms with van der Waals surface area (Å²) in [6.45, 7) is 0.432. The molecule has 6 heteroatoms. The van der Waals surface area contributed by atoms with Crippen molar-refractivity contribution in [1.82, 2.24) is 9.55 Å². The summed E-state index contributed by atoms with van der Waals surface area (Å²) in [4.78, 5) is 15.2. The number of aromatic carboxylic acids is 1. The maximum Gasteiger partial charge on any atom is 0.339 e. The summed E-state index contributed by atoms with van der Waals surface area (Å²) in [5, 5.41) is 9.92. The first-order valence-electron chi connectivity index (χ1n) is 5.73.